The highest BCUT2D eigenvalue weighted by atomic mass is 19.1. The fraction of sp³-hybridized carbons (Fsp3) is 0.130. The summed E-state index contributed by atoms with van der Waals surface area (Å²) in [7, 11) is 0. The Morgan fingerprint density at radius 3 is 2.72 bits per heavy atom. The Kier molecular flexibility index (Phi) is 4.98. The molecule has 0 radical (unpaired) electrons. The third-order valence-corrected chi connectivity index (χ3v) is 4.95. The number of nitrogens with one attached hydrogen (secondary N) is 2. The molecule has 1 aromatic carbocycles. The van der Waals surface area contributed by atoms with Crippen LogP contribution in [0.2, 0.25) is 0 Å². The van der Waals surface area contributed by atoms with Gasteiger partial charge in [0.15, 0.2) is 5.82 Å². The van der Waals surface area contributed by atoms with Gasteiger partial charge in [-0.1, -0.05) is 6.07 Å². The second kappa shape index (κ2) is 8.10. The van der Waals surface area contributed by atoms with Crippen LogP contribution in [0.5, 0.6) is 11.5 Å². The van der Waals surface area contributed by atoms with Gasteiger partial charge in [-0.25, -0.2) is 9.97 Å². The molecule has 2 amide bonds. The molecule has 32 heavy (non-hydrogen) atoms. The van der Waals surface area contributed by atoms with Crippen LogP contribution in [0.4, 0.5) is 15.9 Å². The molecule has 1 fully saturated rings. The van der Waals surface area contributed by atoms with Crippen LogP contribution in [0.1, 0.15) is 23.2 Å². The van der Waals surface area contributed by atoms with E-state index in [2.05, 4.69) is 20.6 Å². The highest BCUT2D eigenvalue weighted by molar-refractivity contribution is 6.04. The maximum atomic E-state index is 13.7. The van der Waals surface area contributed by atoms with Crippen molar-refractivity contribution in [3.8, 4) is 11.5 Å². The number of pyridine rings is 2. The number of carbonyl (C=O) groups excluding carboxylic acids is 2. The zero-order chi connectivity index (χ0) is 22.1. The van der Waals surface area contributed by atoms with Crippen molar-refractivity contribution in [2.75, 3.05) is 10.6 Å². The number of hydrogen-bond donors (Lipinski definition) is 2. The van der Waals surface area contributed by atoms with Crippen LogP contribution in [0.25, 0.3) is 5.65 Å². The number of rotatable bonds is 6. The standard InChI is InChI=1S/C23H18FN5O3/c24-21-18(5-2-10-25-21)23(31)26-15-3-1-4-16(11-15)32-17-8-9-20-27-19(13-29(20)12-17)28-22(30)14-6-7-14/h1-5,8-14H,6-7H2,(H,26,31)(H,28,30). The molecule has 1 saturated carbocycles. The van der Waals surface area contributed by atoms with Gasteiger partial charge in [0, 0.05) is 23.9 Å². The minimum atomic E-state index is -0.835. The van der Waals surface area contributed by atoms with E-state index >= 15 is 0 Å². The highest BCUT2D eigenvalue weighted by Gasteiger charge is 2.30. The SMILES string of the molecule is O=C(Nc1cccc(Oc2ccc3nc(NC(=O)C4CC4)cn3c2)c1)c1cccnc1F. The van der Waals surface area contributed by atoms with Crippen LogP contribution < -0.4 is 15.4 Å². The minimum absolute atomic E-state index is 0.00472. The molecule has 9 heteroatoms. The molecule has 1 aliphatic rings. The summed E-state index contributed by atoms with van der Waals surface area (Å²) in [5.74, 6) is 0.169. The van der Waals surface area contributed by atoms with E-state index in [9.17, 15) is 14.0 Å². The van der Waals surface area contributed by atoms with Gasteiger partial charge >= 0.3 is 0 Å². The van der Waals surface area contributed by atoms with Crippen LogP contribution in [0.3, 0.4) is 0 Å². The molecule has 8 nitrogen and oxygen atoms in total. The Hall–Kier alpha value is -4.27. The summed E-state index contributed by atoms with van der Waals surface area (Å²) in [5, 5.41) is 5.46. The first-order valence-corrected chi connectivity index (χ1v) is 10.0. The van der Waals surface area contributed by atoms with E-state index < -0.39 is 11.9 Å². The average Bonchev–Trinajstić information content (AvgIpc) is 3.55. The van der Waals surface area contributed by atoms with Crippen molar-refractivity contribution in [2.45, 2.75) is 12.8 Å². The van der Waals surface area contributed by atoms with Crippen molar-refractivity contribution in [3.05, 3.63) is 78.6 Å². The van der Waals surface area contributed by atoms with Gasteiger partial charge in [0.2, 0.25) is 11.9 Å². The number of halogens is 1. The monoisotopic (exact) mass is 431 g/mol. The van der Waals surface area contributed by atoms with Crippen LogP contribution in [-0.4, -0.2) is 26.2 Å². The van der Waals surface area contributed by atoms with Gasteiger partial charge in [0.05, 0.1) is 18.0 Å². The van der Waals surface area contributed by atoms with E-state index in [1.807, 2.05) is 0 Å². The van der Waals surface area contributed by atoms with Gasteiger partial charge in [-0.15, -0.1) is 0 Å². The first kappa shape index (κ1) is 19.7. The molecule has 2 N–H and O–H groups in total. The summed E-state index contributed by atoms with van der Waals surface area (Å²) < 4.78 is 21.4. The Morgan fingerprint density at radius 1 is 1.03 bits per heavy atom. The molecule has 0 unspecified atom stereocenters. The third-order valence-electron chi connectivity index (χ3n) is 4.95. The van der Waals surface area contributed by atoms with E-state index in [0.29, 0.717) is 28.7 Å². The fourth-order valence-electron chi connectivity index (χ4n) is 3.19. The smallest absolute Gasteiger partial charge is 0.260 e. The molecule has 0 saturated heterocycles. The summed E-state index contributed by atoms with van der Waals surface area (Å²) in [4.78, 5) is 32.1. The first-order chi connectivity index (χ1) is 15.5. The van der Waals surface area contributed by atoms with Crippen LogP contribution in [0, 0.1) is 11.9 Å². The molecule has 1 aliphatic carbocycles. The summed E-state index contributed by atoms with van der Waals surface area (Å²) in [5.41, 5.74) is 0.974. The number of benzene rings is 1. The zero-order valence-corrected chi connectivity index (χ0v) is 16.8. The van der Waals surface area contributed by atoms with Gasteiger partial charge in [0.25, 0.3) is 5.91 Å². The second-order valence-electron chi connectivity index (χ2n) is 7.45. The summed E-state index contributed by atoms with van der Waals surface area (Å²) in [6.45, 7) is 0. The van der Waals surface area contributed by atoms with Crippen molar-refractivity contribution in [1.29, 1.82) is 0 Å². The predicted molar refractivity (Wildman–Crippen MR) is 115 cm³/mol. The maximum Gasteiger partial charge on any atom is 0.260 e. The molecule has 5 rings (SSSR count). The van der Waals surface area contributed by atoms with Gasteiger partial charge in [-0.2, -0.15) is 4.39 Å². The van der Waals surface area contributed by atoms with Gasteiger partial charge in [-0.05, 0) is 49.2 Å². The normalized spacial score (nSPS) is 13.0. The number of amides is 2. The molecule has 3 heterocycles. The molecule has 0 spiro atoms. The molecular weight excluding hydrogens is 413 g/mol. The lowest BCUT2D eigenvalue weighted by Crippen LogP contribution is -2.14. The lowest BCUT2D eigenvalue weighted by Gasteiger charge is -2.09. The number of hydrogen-bond acceptors (Lipinski definition) is 5. The molecule has 0 aliphatic heterocycles. The maximum absolute atomic E-state index is 13.7. The Labute approximate surface area is 182 Å². The minimum Gasteiger partial charge on any atom is -0.456 e. The topological polar surface area (TPSA) is 97.6 Å². The largest absolute Gasteiger partial charge is 0.456 e. The number of anilines is 2. The van der Waals surface area contributed by atoms with E-state index in [4.69, 9.17) is 4.74 Å². The summed E-state index contributed by atoms with van der Waals surface area (Å²) >= 11 is 0. The third kappa shape index (κ3) is 4.27. The molecular formula is C23H18FN5O3. The van der Waals surface area contributed by atoms with Crippen LogP contribution in [0.15, 0.2) is 67.1 Å². The van der Waals surface area contributed by atoms with E-state index in [-0.39, 0.29) is 17.4 Å². The van der Waals surface area contributed by atoms with Crippen molar-refractivity contribution < 1.29 is 18.7 Å². The molecule has 0 bridgehead atoms. The molecule has 0 atom stereocenters. The van der Waals surface area contributed by atoms with Gasteiger partial charge in [0.1, 0.15) is 17.1 Å². The van der Waals surface area contributed by atoms with Crippen molar-refractivity contribution in [1.82, 2.24) is 14.4 Å². The van der Waals surface area contributed by atoms with Crippen molar-refractivity contribution in [3.63, 3.8) is 0 Å². The highest BCUT2D eigenvalue weighted by Crippen LogP contribution is 2.30. The molecule has 3 aromatic heterocycles. The van der Waals surface area contributed by atoms with Crippen LogP contribution >= 0.6 is 0 Å². The van der Waals surface area contributed by atoms with Crippen LogP contribution in [-0.2, 0) is 4.79 Å². The predicted octanol–water partition coefficient (Wildman–Crippen LogP) is 4.26. The van der Waals surface area contributed by atoms with Crippen molar-refractivity contribution in [2.24, 2.45) is 5.92 Å². The number of ether oxygens (including phenoxy) is 1. The average molecular weight is 431 g/mol. The number of carbonyl (C=O) groups is 2. The number of aromatic nitrogens is 3. The Bertz CT molecular complexity index is 1330. The Morgan fingerprint density at radius 2 is 1.91 bits per heavy atom. The number of fused-ring (bicyclic) bond motifs is 1. The lowest BCUT2D eigenvalue weighted by molar-refractivity contribution is -0.117. The quantitative estimate of drug-likeness (QED) is 0.445. The Balaban J connectivity index is 1.30. The number of nitrogens with zero attached hydrogens (tertiary/aromatic N) is 3. The van der Waals surface area contributed by atoms with Crippen molar-refractivity contribution >= 4 is 29.0 Å². The molecule has 4 aromatic rings. The van der Waals surface area contributed by atoms with Gasteiger partial charge < -0.3 is 19.8 Å². The fourth-order valence-corrected chi connectivity index (χ4v) is 3.19. The summed E-state index contributed by atoms with van der Waals surface area (Å²) in [6, 6.07) is 13.1. The van der Waals surface area contributed by atoms with E-state index in [1.54, 1.807) is 53.2 Å². The lowest BCUT2D eigenvalue weighted by atomic mass is 10.2. The van der Waals surface area contributed by atoms with E-state index in [0.717, 1.165) is 12.8 Å². The van der Waals surface area contributed by atoms with E-state index in [1.165, 1.54) is 18.3 Å². The number of imidazole rings is 1. The second-order valence-corrected chi connectivity index (χ2v) is 7.45. The zero-order valence-electron chi connectivity index (χ0n) is 16.8. The molecule has 160 valence electrons. The van der Waals surface area contributed by atoms with Gasteiger partial charge in [-0.3, -0.25) is 9.59 Å². The summed E-state index contributed by atoms with van der Waals surface area (Å²) in [6.07, 6.45) is 6.59. The first-order valence-electron chi connectivity index (χ1n) is 10.0.